The summed E-state index contributed by atoms with van der Waals surface area (Å²) in [6.07, 6.45) is 0.843. The first-order chi connectivity index (χ1) is 9.20. The first-order valence-electron chi connectivity index (χ1n) is 6.13. The number of hydrogen-bond acceptors (Lipinski definition) is 2. The third kappa shape index (κ3) is 2.20. The van der Waals surface area contributed by atoms with Crippen LogP contribution in [0.1, 0.15) is 5.56 Å². The SMILES string of the molecule is NCC1Cc2ccc(Cl)c(-c3ccccc3Cl)c2O1. The lowest BCUT2D eigenvalue weighted by molar-refractivity contribution is 0.242. The van der Waals surface area contributed by atoms with Crippen LogP contribution >= 0.6 is 23.2 Å². The molecule has 0 spiro atoms. The molecule has 2 aromatic rings. The van der Waals surface area contributed by atoms with Crippen LogP contribution in [0.25, 0.3) is 11.1 Å². The highest BCUT2D eigenvalue weighted by Crippen LogP contribution is 2.45. The van der Waals surface area contributed by atoms with Crippen molar-refractivity contribution >= 4 is 23.2 Å². The third-order valence-electron chi connectivity index (χ3n) is 3.33. The van der Waals surface area contributed by atoms with Gasteiger partial charge in [0.25, 0.3) is 0 Å². The Morgan fingerprint density at radius 1 is 1.11 bits per heavy atom. The predicted octanol–water partition coefficient (Wildman–Crippen LogP) is 3.92. The fourth-order valence-corrected chi connectivity index (χ4v) is 2.88. The number of halogens is 2. The van der Waals surface area contributed by atoms with Gasteiger partial charge in [-0.3, -0.25) is 0 Å². The fraction of sp³-hybridized carbons (Fsp3) is 0.200. The van der Waals surface area contributed by atoms with E-state index in [9.17, 15) is 0 Å². The van der Waals surface area contributed by atoms with Crippen molar-refractivity contribution in [3.8, 4) is 16.9 Å². The second kappa shape index (κ2) is 5.04. The summed E-state index contributed by atoms with van der Waals surface area (Å²) < 4.78 is 5.91. The molecule has 0 aliphatic carbocycles. The highest BCUT2D eigenvalue weighted by atomic mass is 35.5. The Bertz CT molecular complexity index is 628. The van der Waals surface area contributed by atoms with Gasteiger partial charge >= 0.3 is 0 Å². The van der Waals surface area contributed by atoms with Crippen molar-refractivity contribution < 1.29 is 4.74 Å². The van der Waals surface area contributed by atoms with Crippen LogP contribution in [0.15, 0.2) is 36.4 Å². The van der Waals surface area contributed by atoms with E-state index in [0.717, 1.165) is 28.9 Å². The molecule has 1 atom stereocenters. The first kappa shape index (κ1) is 12.8. The Hall–Kier alpha value is -1.22. The number of nitrogens with two attached hydrogens (primary N) is 1. The maximum absolute atomic E-state index is 6.34. The molecule has 0 fully saturated rings. The van der Waals surface area contributed by atoms with Gasteiger partial charge in [0.2, 0.25) is 0 Å². The Morgan fingerprint density at radius 2 is 1.89 bits per heavy atom. The van der Waals surface area contributed by atoms with Crippen LogP contribution in [-0.4, -0.2) is 12.6 Å². The third-order valence-corrected chi connectivity index (χ3v) is 3.97. The molecule has 2 aromatic carbocycles. The highest BCUT2D eigenvalue weighted by Gasteiger charge is 2.27. The Labute approximate surface area is 122 Å². The van der Waals surface area contributed by atoms with Gasteiger partial charge in [-0.1, -0.05) is 47.5 Å². The summed E-state index contributed by atoms with van der Waals surface area (Å²) in [5, 5.41) is 1.31. The molecule has 1 heterocycles. The van der Waals surface area contributed by atoms with E-state index in [0.29, 0.717) is 16.6 Å². The van der Waals surface area contributed by atoms with E-state index < -0.39 is 0 Å². The maximum atomic E-state index is 6.34. The molecule has 1 aliphatic heterocycles. The van der Waals surface area contributed by atoms with Gasteiger partial charge in [-0.05, 0) is 17.7 Å². The molecular formula is C15H13Cl2NO. The summed E-state index contributed by atoms with van der Waals surface area (Å²) in [6.45, 7) is 0.494. The molecular weight excluding hydrogens is 281 g/mol. The van der Waals surface area contributed by atoms with E-state index in [1.807, 2.05) is 36.4 Å². The first-order valence-corrected chi connectivity index (χ1v) is 6.89. The maximum Gasteiger partial charge on any atom is 0.132 e. The van der Waals surface area contributed by atoms with Gasteiger partial charge in [0.15, 0.2) is 0 Å². The summed E-state index contributed by atoms with van der Waals surface area (Å²) in [5.74, 6) is 0.816. The topological polar surface area (TPSA) is 35.2 Å². The zero-order valence-electron chi connectivity index (χ0n) is 10.2. The Kier molecular flexibility index (Phi) is 3.40. The lowest BCUT2D eigenvalue weighted by atomic mass is 10.0. The van der Waals surface area contributed by atoms with Crippen LogP contribution in [-0.2, 0) is 6.42 Å². The predicted molar refractivity (Wildman–Crippen MR) is 79.1 cm³/mol. The van der Waals surface area contributed by atoms with Gasteiger partial charge in [-0.15, -0.1) is 0 Å². The summed E-state index contributed by atoms with van der Waals surface area (Å²) in [7, 11) is 0. The zero-order valence-corrected chi connectivity index (χ0v) is 11.7. The van der Waals surface area contributed by atoms with Crippen molar-refractivity contribution in [1.82, 2.24) is 0 Å². The molecule has 98 valence electrons. The molecule has 3 rings (SSSR count). The average Bonchev–Trinajstić information content (AvgIpc) is 2.83. The van der Waals surface area contributed by atoms with Gasteiger partial charge in [0, 0.05) is 29.1 Å². The Morgan fingerprint density at radius 3 is 2.63 bits per heavy atom. The molecule has 2 nitrogen and oxygen atoms in total. The van der Waals surface area contributed by atoms with Crippen LogP contribution in [0.4, 0.5) is 0 Å². The molecule has 0 aromatic heterocycles. The monoisotopic (exact) mass is 293 g/mol. The van der Waals surface area contributed by atoms with Crippen molar-refractivity contribution in [2.24, 2.45) is 5.73 Å². The van der Waals surface area contributed by atoms with Gasteiger partial charge in [0.05, 0.1) is 5.02 Å². The number of rotatable bonds is 2. The van der Waals surface area contributed by atoms with Crippen molar-refractivity contribution in [1.29, 1.82) is 0 Å². The molecule has 0 bridgehead atoms. The van der Waals surface area contributed by atoms with E-state index in [1.54, 1.807) is 0 Å². The van der Waals surface area contributed by atoms with E-state index in [2.05, 4.69) is 0 Å². The minimum Gasteiger partial charge on any atom is -0.488 e. The molecule has 0 amide bonds. The van der Waals surface area contributed by atoms with Crippen LogP contribution in [0, 0.1) is 0 Å². The number of fused-ring (bicyclic) bond motifs is 1. The number of ether oxygens (including phenoxy) is 1. The highest BCUT2D eigenvalue weighted by molar-refractivity contribution is 6.36. The van der Waals surface area contributed by atoms with Gasteiger partial charge in [-0.2, -0.15) is 0 Å². The van der Waals surface area contributed by atoms with E-state index in [-0.39, 0.29) is 6.10 Å². The average molecular weight is 294 g/mol. The molecule has 0 saturated carbocycles. The number of benzene rings is 2. The van der Waals surface area contributed by atoms with Gasteiger partial charge in [-0.25, -0.2) is 0 Å². The minimum absolute atomic E-state index is 0.0229. The Balaban J connectivity index is 2.18. The minimum atomic E-state index is 0.0229. The van der Waals surface area contributed by atoms with E-state index in [1.165, 1.54) is 0 Å². The standard InChI is InChI=1S/C15H13Cl2NO/c16-12-4-2-1-3-11(12)14-13(17)6-5-9-7-10(8-18)19-15(9)14/h1-6,10H,7-8,18H2. The quantitative estimate of drug-likeness (QED) is 0.911. The molecule has 2 N–H and O–H groups in total. The molecule has 0 saturated heterocycles. The second-order valence-corrected chi connectivity index (χ2v) is 5.38. The smallest absolute Gasteiger partial charge is 0.132 e. The second-order valence-electron chi connectivity index (χ2n) is 4.57. The molecule has 1 unspecified atom stereocenters. The van der Waals surface area contributed by atoms with Crippen LogP contribution < -0.4 is 10.5 Å². The molecule has 1 aliphatic rings. The molecule has 4 heteroatoms. The lowest BCUT2D eigenvalue weighted by Crippen LogP contribution is -2.24. The molecule has 0 radical (unpaired) electrons. The summed E-state index contributed by atoms with van der Waals surface area (Å²) in [4.78, 5) is 0. The van der Waals surface area contributed by atoms with Crippen LogP contribution in [0.3, 0.4) is 0 Å². The zero-order chi connectivity index (χ0) is 13.4. The van der Waals surface area contributed by atoms with Crippen molar-refractivity contribution in [3.05, 3.63) is 52.0 Å². The van der Waals surface area contributed by atoms with Crippen LogP contribution in [0.5, 0.6) is 5.75 Å². The summed E-state index contributed by atoms with van der Waals surface area (Å²) in [5.41, 5.74) is 8.57. The lowest BCUT2D eigenvalue weighted by Gasteiger charge is -2.13. The van der Waals surface area contributed by atoms with Crippen molar-refractivity contribution in [2.45, 2.75) is 12.5 Å². The van der Waals surface area contributed by atoms with Crippen molar-refractivity contribution in [2.75, 3.05) is 6.54 Å². The summed E-state index contributed by atoms with van der Waals surface area (Å²) >= 11 is 12.6. The van der Waals surface area contributed by atoms with Gasteiger partial charge in [0.1, 0.15) is 11.9 Å². The normalized spacial score (nSPS) is 17.1. The largest absolute Gasteiger partial charge is 0.488 e. The molecule has 19 heavy (non-hydrogen) atoms. The fourth-order valence-electron chi connectivity index (χ4n) is 2.40. The van der Waals surface area contributed by atoms with E-state index in [4.69, 9.17) is 33.7 Å². The summed E-state index contributed by atoms with van der Waals surface area (Å²) in [6, 6.07) is 11.5. The van der Waals surface area contributed by atoms with Crippen molar-refractivity contribution in [3.63, 3.8) is 0 Å². The number of hydrogen-bond donors (Lipinski definition) is 1. The van der Waals surface area contributed by atoms with E-state index >= 15 is 0 Å². The van der Waals surface area contributed by atoms with Crippen LogP contribution in [0.2, 0.25) is 10.0 Å². The van der Waals surface area contributed by atoms with Gasteiger partial charge < -0.3 is 10.5 Å².